The Hall–Kier alpha value is -4.31. The molecule has 0 aliphatic rings. The lowest BCUT2D eigenvalue weighted by Gasteiger charge is -2.12. The van der Waals surface area contributed by atoms with Gasteiger partial charge in [-0.05, 0) is 49.4 Å². The third-order valence-electron chi connectivity index (χ3n) is 4.51. The van der Waals surface area contributed by atoms with Gasteiger partial charge in [0.1, 0.15) is 6.33 Å². The molecular weight excluding hydrogens is 434 g/mol. The molecule has 4 rings (SSSR count). The Kier molecular flexibility index (Phi) is 5.77. The van der Waals surface area contributed by atoms with Crippen LogP contribution in [0.5, 0.6) is 0 Å². The Labute approximate surface area is 186 Å². The fraction of sp³-hybridized carbons (Fsp3) is 0.0476. The van der Waals surface area contributed by atoms with Crippen LogP contribution in [0.2, 0.25) is 5.02 Å². The number of aryl methyl sites for hydroxylation is 1. The van der Waals surface area contributed by atoms with Crippen LogP contribution in [-0.4, -0.2) is 25.8 Å². The topological polar surface area (TPSA) is 135 Å². The highest BCUT2D eigenvalue weighted by Gasteiger charge is 2.24. The van der Waals surface area contributed by atoms with Gasteiger partial charge < -0.3 is 5.32 Å². The van der Waals surface area contributed by atoms with Gasteiger partial charge in [-0.25, -0.2) is 9.97 Å². The summed E-state index contributed by atoms with van der Waals surface area (Å²) in [6.07, 6.45) is 1.15. The van der Waals surface area contributed by atoms with Crippen LogP contribution in [0.3, 0.4) is 0 Å². The number of anilines is 3. The lowest BCUT2D eigenvalue weighted by Crippen LogP contribution is -2.30. The second-order valence-electron chi connectivity index (χ2n) is 6.72. The Morgan fingerprint density at radius 3 is 2.62 bits per heavy atom. The van der Waals surface area contributed by atoms with E-state index < -0.39 is 16.5 Å². The van der Waals surface area contributed by atoms with Gasteiger partial charge in [0.05, 0.1) is 10.4 Å². The summed E-state index contributed by atoms with van der Waals surface area (Å²) in [7, 11) is 0. The maximum absolute atomic E-state index is 12.3. The third-order valence-corrected chi connectivity index (χ3v) is 4.75. The van der Waals surface area contributed by atoms with Crippen LogP contribution in [-0.2, 0) is 0 Å². The average Bonchev–Trinajstić information content (AvgIpc) is 2.77. The number of aromatic nitrogens is 3. The van der Waals surface area contributed by atoms with Crippen molar-refractivity contribution < 1.29 is 9.72 Å². The van der Waals surface area contributed by atoms with Crippen LogP contribution in [0.4, 0.5) is 23.0 Å². The van der Waals surface area contributed by atoms with Crippen molar-refractivity contribution in [2.45, 2.75) is 6.92 Å². The summed E-state index contributed by atoms with van der Waals surface area (Å²) in [4.78, 5) is 35.9. The van der Waals surface area contributed by atoms with Crippen LogP contribution < -0.4 is 16.2 Å². The summed E-state index contributed by atoms with van der Waals surface area (Å²) in [5.74, 6) is -0.764. The molecule has 0 atom stereocenters. The van der Waals surface area contributed by atoms with Gasteiger partial charge in [-0.15, -0.1) is 0 Å². The van der Waals surface area contributed by atoms with E-state index in [1.807, 2.05) is 25.1 Å². The number of nitrogens with one attached hydrogen (secondary N) is 3. The highest BCUT2D eigenvalue weighted by Crippen LogP contribution is 2.33. The molecule has 10 nitrogen and oxygen atoms in total. The van der Waals surface area contributed by atoms with Crippen LogP contribution in [0.1, 0.15) is 16.1 Å². The minimum atomic E-state index is -0.635. The summed E-state index contributed by atoms with van der Waals surface area (Å²) in [6, 6.07) is 15.4. The van der Waals surface area contributed by atoms with Crippen LogP contribution in [0.15, 0.2) is 60.9 Å². The van der Waals surface area contributed by atoms with E-state index in [1.165, 1.54) is 6.07 Å². The van der Waals surface area contributed by atoms with E-state index in [1.54, 1.807) is 30.3 Å². The molecule has 0 unspecified atom stereocenters. The maximum atomic E-state index is 12.3. The number of hydrogen-bond acceptors (Lipinski definition) is 8. The SMILES string of the molecule is Cc1ccc2c(Nc3ncnc(NNC(=O)c4cccc(Cl)c4)c3[N+](=O)[O-])cccc2n1. The van der Waals surface area contributed by atoms with Crippen molar-refractivity contribution in [2.24, 2.45) is 0 Å². The highest BCUT2D eigenvalue weighted by molar-refractivity contribution is 6.31. The zero-order chi connectivity index (χ0) is 22.7. The molecule has 2 aromatic carbocycles. The van der Waals surface area contributed by atoms with E-state index >= 15 is 0 Å². The molecule has 0 bridgehead atoms. The molecule has 0 aliphatic heterocycles. The predicted octanol–water partition coefficient (Wildman–Crippen LogP) is 4.40. The van der Waals surface area contributed by atoms with E-state index in [0.29, 0.717) is 10.7 Å². The predicted molar refractivity (Wildman–Crippen MR) is 121 cm³/mol. The first-order valence-electron chi connectivity index (χ1n) is 9.37. The van der Waals surface area contributed by atoms with Crippen molar-refractivity contribution in [1.29, 1.82) is 0 Å². The van der Waals surface area contributed by atoms with E-state index in [9.17, 15) is 14.9 Å². The molecule has 0 radical (unpaired) electrons. The molecule has 0 saturated heterocycles. The van der Waals surface area contributed by atoms with Gasteiger partial charge in [0.25, 0.3) is 5.91 Å². The molecule has 2 aromatic heterocycles. The normalized spacial score (nSPS) is 10.6. The standard InChI is InChI=1S/C21H16ClN7O3/c1-12-8-9-15-16(25-12)6-3-7-17(15)26-19-18(29(31)32)20(24-11-23-19)27-28-21(30)13-4-2-5-14(22)10-13/h2-11H,1H3,(H,28,30)(H2,23,24,26,27). The van der Waals surface area contributed by atoms with Crippen molar-refractivity contribution in [1.82, 2.24) is 20.4 Å². The van der Waals surface area contributed by atoms with Gasteiger partial charge in [-0.3, -0.25) is 30.7 Å². The number of benzene rings is 2. The molecule has 4 aromatic rings. The monoisotopic (exact) mass is 449 g/mol. The Morgan fingerprint density at radius 2 is 1.84 bits per heavy atom. The van der Waals surface area contributed by atoms with E-state index in [-0.39, 0.29) is 17.2 Å². The fourth-order valence-electron chi connectivity index (χ4n) is 3.05. The number of amides is 1. The van der Waals surface area contributed by atoms with Crippen molar-refractivity contribution in [3.63, 3.8) is 0 Å². The number of pyridine rings is 1. The minimum Gasteiger partial charge on any atom is -0.334 e. The molecule has 3 N–H and O–H groups in total. The smallest absolute Gasteiger partial charge is 0.334 e. The number of rotatable bonds is 6. The highest BCUT2D eigenvalue weighted by atomic mass is 35.5. The van der Waals surface area contributed by atoms with Crippen molar-refractivity contribution in [2.75, 3.05) is 10.7 Å². The second kappa shape index (κ2) is 8.82. The van der Waals surface area contributed by atoms with Gasteiger partial charge in [0.15, 0.2) is 0 Å². The number of nitrogens with zero attached hydrogens (tertiary/aromatic N) is 4. The Morgan fingerprint density at radius 1 is 1.06 bits per heavy atom. The maximum Gasteiger partial charge on any atom is 0.355 e. The summed E-state index contributed by atoms with van der Waals surface area (Å²) < 4.78 is 0. The molecule has 0 saturated carbocycles. The van der Waals surface area contributed by atoms with Crippen LogP contribution in [0, 0.1) is 17.0 Å². The number of carbonyl (C=O) groups excluding carboxylic acids is 1. The van der Waals surface area contributed by atoms with Gasteiger partial charge in [-0.1, -0.05) is 23.7 Å². The zero-order valence-corrected chi connectivity index (χ0v) is 17.4. The fourth-order valence-corrected chi connectivity index (χ4v) is 3.24. The van der Waals surface area contributed by atoms with Crippen LogP contribution in [0.25, 0.3) is 10.9 Å². The first kappa shape index (κ1) is 20.9. The quantitative estimate of drug-likeness (QED) is 0.291. The second-order valence-corrected chi connectivity index (χ2v) is 7.15. The zero-order valence-electron chi connectivity index (χ0n) is 16.7. The Bertz CT molecular complexity index is 1350. The first-order valence-corrected chi connectivity index (χ1v) is 9.75. The van der Waals surface area contributed by atoms with E-state index in [2.05, 4.69) is 31.1 Å². The summed E-state index contributed by atoms with van der Waals surface area (Å²) in [6.45, 7) is 1.88. The summed E-state index contributed by atoms with van der Waals surface area (Å²) in [5, 5.41) is 15.9. The lowest BCUT2D eigenvalue weighted by molar-refractivity contribution is -0.383. The van der Waals surface area contributed by atoms with Crippen molar-refractivity contribution in [3.05, 3.63) is 87.3 Å². The molecule has 0 aliphatic carbocycles. The van der Waals surface area contributed by atoms with Gasteiger partial charge in [0.2, 0.25) is 11.6 Å². The van der Waals surface area contributed by atoms with Gasteiger partial charge >= 0.3 is 5.69 Å². The van der Waals surface area contributed by atoms with Gasteiger partial charge in [-0.2, -0.15) is 0 Å². The Balaban J connectivity index is 1.63. The minimum absolute atomic E-state index is 0.0439. The molecule has 160 valence electrons. The third kappa shape index (κ3) is 4.40. The molecule has 0 fully saturated rings. The molecule has 1 amide bonds. The largest absolute Gasteiger partial charge is 0.355 e. The number of hydrogen-bond donors (Lipinski definition) is 3. The van der Waals surface area contributed by atoms with Crippen molar-refractivity contribution >= 4 is 51.4 Å². The number of nitro groups is 1. The molecule has 32 heavy (non-hydrogen) atoms. The molecule has 11 heteroatoms. The van der Waals surface area contributed by atoms with E-state index in [4.69, 9.17) is 11.6 Å². The molecule has 0 spiro atoms. The van der Waals surface area contributed by atoms with Crippen LogP contribution >= 0.6 is 11.6 Å². The lowest BCUT2D eigenvalue weighted by atomic mass is 10.1. The average molecular weight is 450 g/mol. The molecular formula is C21H16ClN7O3. The number of fused-ring (bicyclic) bond motifs is 1. The van der Waals surface area contributed by atoms with Gasteiger partial charge in [0, 0.05) is 27.4 Å². The molecule has 2 heterocycles. The van der Waals surface area contributed by atoms with Crippen molar-refractivity contribution in [3.8, 4) is 0 Å². The number of halogens is 1. The first-order chi connectivity index (χ1) is 15.4. The summed E-state index contributed by atoms with van der Waals surface area (Å²) in [5.41, 5.74) is 6.90. The summed E-state index contributed by atoms with van der Waals surface area (Å²) >= 11 is 5.90. The van der Waals surface area contributed by atoms with E-state index in [0.717, 1.165) is 22.9 Å². The number of carbonyl (C=O) groups is 1. The number of hydrazine groups is 1.